The molecular weight excluding hydrogens is 132 g/mol. The van der Waals surface area contributed by atoms with E-state index in [1.165, 1.54) is 18.6 Å². The van der Waals surface area contributed by atoms with Crippen LogP contribution in [0.5, 0.6) is 0 Å². The van der Waals surface area contributed by atoms with Gasteiger partial charge < -0.3 is 5.11 Å². The van der Waals surface area contributed by atoms with Crippen molar-refractivity contribution in [3.8, 4) is 0 Å². The molecule has 54 valence electrons. The summed E-state index contributed by atoms with van der Waals surface area (Å²) in [6.45, 7) is 1.94. The Hall–Kier alpha value is 0.310. The van der Waals surface area contributed by atoms with E-state index in [1.54, 1.807) is 0 Å². The van der Waals surface area contributed by atoms with Crippen LogP contribution in [-0.4, -0.2) is 22.2 Å². The Balaban J connectivity index is 2.36. The monoisotopic (exact) mass is 146 g/mol. The smallest absolute Gasteiger partial charge is 0.0709 e. The van der Waals surface area contributed by atoms with Gasteiger partial charge in [0.15, 0.2) is 0 Å². The van der Waals surface area contributed by atoms with Gasteiger partial charge in [0.1, 0.15) is 0 Å². The van der Waals surface area contributed by atoms with Gasteiger partial charge >= 0.3 is 0 Å². The molecule has 0 spiro atoms. The van der Waals surface area contributed by atoms with E-state index < -0.39 is 0 Å². The molecule has 0 bridgehead atoms. The lowest BCUT2D eigenvalue weighted by molar-refractivity contribution is 0.0753. The fraction of sp³-hybridized carbons (Fsp3) is 1.00. The first kappa shape index (κ1) is 7.42. The van der Waals surface area contributed by atoms with E-state index in [9.17, 15) is 5.11 Å². The van der Waals surface area contributed by atoms with Gasteiger partial charge in [-0.3, -0.25) is 0 Å². The number of thioether (sulfide) groups is 1. The maximum Gasteiger partial charge on any atom is 0.0709 e. The number of aliphatic hydroxyl groups is 1. The Morgan fingerprint density at radius 2 is 2.22 bits per heavy atom. The van der Waals surface area contributed by atoms with Gasteiger partial charge in [-0.25, -0.2) is 0 Å². The summed E-state index contributed by atoms with van der Waals surface area (Å²) in [6, 6.07) is 0. The first-order valence-corrected chi connectivity index (χ1v) is 4.66. The maximum absolute atomic E-state index is 9.53. The summed E-state index contributed by atoms with van der Waals surface area (Å²) in [5.41, 5.74) is -0.374. The third-order valence-corrected chi connectivity index (χ3v) is 3.07. The maximum atomic E-state index is 9.53. The zero-order valence-corrected chi connectivity index (χ0v) is 6.71. The SMILES string of the molecule is CC1(O)CCCCSC1. The van der Waals surface area contributed by atoms with Crippen LogP contribution in [0.25, 0.3) is 0 Å². The Kier molecular flexibility index (Phi) is 2.42. The summed E-state index contributed by atoms with van der Waals surface area (Å²) in [5, 5.41) is 9.53. The summed E-state index contributed by atoms with van der Waals surface area (Å²) < 4.78 is 0. The molecule has 1 heterocycles. The second-order valence-electron chi connectivity index (χ2n) is 3.01. The van der Waals surface area contributed by atoms with Gasteiger partial charge in [-0.05, 0) is 31.9 Å². The minimum Gasteiger partial charge on any atom is -0.389 e. The predicted octanol–water partition coefficient (Wildman–Crippen LogP) is 1.65. The van der Waals surface area contributed by atoms with Gasteiger partial charge in [-0.2, -0.15) is 11.8 Å². The van der Waals surface area contributed by atoms with Crippen molar-refractivity contribution in [2.24, 2.45) is 0 Å². The van der Waals surface area contributed by atoms with Crippen molar-refractivity contribution in [2.45, 2.75) is 31.8 Å². The highest BCUT2D eigenvalue weighted by Crippen LogP contribution is 2.24. The molecule has 0 amide bonds. The molecule has 1 nitrogen and oxygen atoms in total. The molecule has 0 aromatic rings. The van der Waals surface area contributed by atoms with E-state index in [2.05, 4.69) is 0 Å². The van der Waals surface area contributed by atoms with Gasteiger partial charge in [0.05, 0.1) is 5.60 Å². The molecule has 1 saturated heterocycles. The van der Waals surface area contributed by atoms with E-state index in [4.69, 9.17) is 0 Å². The van der Waals surface area contributed by atoms with Crippen LogP contribution < -0.4 is 0 Å². The molecule has 0 aromatic heterocycles. The zero-order chi connectivity index (χ0) is 6.74. The lowest BCUT2D eigenvalue weighted by atomic mass is 10.0. The van der Waals surface area contributed by atoms with Crippen molar-refractivity contribution in [3.63, 3.8) is 0 Å². The van der Waals surface area contributed by atoms with E-state index >= 15 is 0 Å². The molecule has 1 N–H and O–H groups in total. The fourth-order valence-electron chi connectivity index (χ4n) is 1.07. The number of hydrogen-bond acceptors (Lipinski definition) is 2. The van der Waals surface area contributed by atoms with Crippen molar-refractivity contribution in [1.29, 1.82) is 0 Å². The normalized spacial score (nSPS) is 38.0. The topological polar surface area (TPSA) is 20.2 Å². The third kappa shape index (κ3) is 2.59. The van der Waals surface area contributed by atoms with E-state index in [1.807, 2.05) is 18.7 Å². The minimum absolute atomic E-state index is 0.374. The Bertz CT molecular complexity index is 80.9. The molecule has 1 unspecified atom stereocenters. The lowest BCUT2D eigenvalue weighted by Crippen LogP contribution is -2.25. The summed E-state index contributed by atoms with van der Waals surface area (Å²) >= 11 is 1.87. The number of hydrogen-bond donors (Lipinski definition) is 1. The van der Waals surface area contributed by atoms with Crippen molar-refractivity contribution in [3.05, 3.63) is 0 Å². The van der Waals surface area contributed by atoms with Crippen LogP contribution in [-0.2, 0) is 0 Å². The molecular formula is C7H14OS. The van der Waals surface area contributed by atoms with Crippen LogP contribution in [0.4, 0.5) is 0 Å². The first-order chi connectivity index (χ1) is 4.21. The summed E-state index contributed by atoms with van der Waals surface area (Å²) in [6.07, 6.45) is 3.46. The largest absolute Gasteiger partial charge is 0.389 e. The van der Waals surface area contributed by atoms with Crippen molar-refractivity contribution in [1.82, 2.24) is 0 Å². The molecule has 1 atom stereocenters. The molecule has 1 rings (SSSR count). The average molecular weight is 146 g/mol. The van der Waals surface area contributed by atoms with E-state index in [0.29, 0.717) is 0 Å². The van der Waals surface area contributed by atoms with Crippen LogP contribution in [0, 0.1) is 0 Å². The summed E-state index contributed by atoms with van der Waals surface area (Å²) in [7, 11) is 0. The van der Waals surface area contributed by atoms with Gasteiger partial charge in [-0.15, -0.1) is 0 Å². The van der Waals surface area contributed by atoms with Crippen LogP contribution >= 0.6 is 11.8 Å². The average Bonchev–Trinajstić information content (AvgIpc) is 1.92. The van der Waals surface area contributed by atoms with Gasteiger partial charge in [0.25, 0.3) is 0 Å². The highest BCUT2D eigenvalue weighted by atomic mass is 32.2. The van der Waals surface area contributed by atoms with Crippen molar-refractivity contribution < 1.29 is 5.11 Å². The van der Waals surface area contributed by atoms with Gasteiger partial charge in [0.2, 0.25) is 0 Å². The lowest BCUT2D eigenvalue weighted by Gasteiger charge is -2.18. The van der Waals surface area contributed by atoms with Crippen molar-refractivity contribution in [2.75, 3.05) is 11.5 Å². The van der Waals surface area contributed by atoms with Crippen LogP contribution in [0.2, 0.25) is 0 Å². The predicted molar refractivity (Wildman–Crippen MR) is 41.8 cm³/mol. The third-order valence-electron chi connectivity index (χ3n) is 1.67. The Morgan fingerprint density at radius 3 is 3.00 bits per heavy atom. The van der Waals surface area contributed by atoms with Gasteiger partial charge in [-0.1, -0.05) is 0 Å². The Morgan fingerprint density at radius 1 is 1.44 bits per heavy atom. The molecule has 2 heteroatoms. The van der Waals surface area contributed by atoms with Crippen molar-refractivity contribution >= 4 is 11.8 Å². The van der Waals surface area contributed by atoms with Crippen LogP contribution in [0.3, 0.4) is 0 Å². The second kappa shape index (κ2) is 2.93. The van der Waals surface area contributed by atoms with Gasteiger partial charge in [0, 0.05) is 5.75 Å². The molecule has 0 aliphatic carbocycles. The first-order valence-electron chi connectivity index (χ1n) is 3.51. The molecule has 0 saturated carbocycles. The fourth-order valence-corrected chi connectivity index (χ4v) is 2.21. The van der Waals surface area contributed by atoms with E-state index in [0.717, 1.165) is 12.2 Å². The van der Waals surface area contributed by atoms with Crippen LogP contribution in [0.15, 0.2) is 0 Å². The minimum atomic E-state index is -0.374. The summed E-state index contributed by atoms with van der Waals surface area (Å²) in [4.78, 5) is 0. The zero-order valence-electron chi connectivity index (χ0n) is 5.89. The quantitative estimate of drug-likeness (QED) is 0.561. The molecule has 0 aromatic carbocycles. The summed E-state index contributed by atoms with van der Waals surface area (Å²) in [5.74, 6) is 2.16. The van der Waals surface area contributed by atoms with Crippen LogP contribution in [0.1, 0.15) is 26.2 Å². The molecule has 1 fully saturated rings. The molecule has 9 heavy (non-hydrogen) atoms. The standard InChI is InChI=1S/C7H14OS/c1-7(8)4-2-3-5-9-6-7/h8H,2-6H2,1H3. The Labute approximate surface area is 60.8 Å². The number of rotatable bonds is 0. The molecule has 0 radical (unpaired) electrons. The van der Waals surface area contributed by atoms with E-state index in [-0.39, 0.29) is 5.60 Å². The highest BCUT2D eigenvalue weighted by Gasteiger charge is 2.21. The highest BCUT2D eigenvalue weighted by molar-refractivity contribution is 7.99. The molecule has 1 aliphatic rings. The molecule has 1 aliphatic heterocycles. The second-order valence-corrected chi connectivity index (χ2v) is 4.11.